The van der Waals surface area contributed by atoms with Gasteiger partial charge in [0.1, 0.15) is 6.04 Å². The van der Waals surface area contributed by atoms with E-state index in [0.717, 1.165) is 23.2 Å². The lowest BCUT2D eigenvalue weighted by molar-refractivity contribution is -0.139. The first-order valence-corrected chi connectivity index (χ1v) is 10.6. The highest BCUT2D eigenvalue weighted by atomic mass is 35.5. The van der Waals surface area contributed by atoms with Crippen LogP contribution in [0.2, 0.25) is 5.02 Å². The maximum atomic E-state index is 12.9. The molecule has 1 saturated heterocycles. The number of rotatable bonds is 8. The summed E-state index contributed by atoms with van der Waals surface area (Å²) in [6.45, 7) is 1.39. The number of hydrogen-bond donors (Lipinski definition) is 3. The number of aromatic nitrogens is 1. The van der Waals surface area contributed by atoms with Crippen molar-refractivity contribution < 1.29 is 9.59 Å². The molecule has 2 heterocycles. The van der Waals surface area contributed by atoms with Gasteiger partial charge >= 0.3 is 0 Å². The number of likely N-dealkylation sites (tertiary alicyclic amines) is 1. The molecular formula is C22H31Cl4N5O2. The van der Waals surface area contributed by atoms with Crippen molar-refractivity contribution >= 4 is 60.6 Å². The Kier molecular flexibility index (Phi) is 14.6. The van der Waals surface area contributed by atoms with Crippen LogP contribution in [0.5, 0.6) is 0 Å². The molecule has 1 aliphatic rings. The van der Waals surface area contributed by atoms with Gasteiger partial charge in [0.2, 0.25) is 11.8 Å². The van der Waals surface area contributed by atoms with Crippen molar-refractivity contribution in [3.05, 3.63) is 64.4 Å². The third-order valence-electron chi connectivity index (χ3n) is 5.35. The van der Waals surface area contributed by atoms with E-state index < -0.39 is 12.1 Å². The lowest BCUT2D eigenvalue weighted by Crippen LogP contribution is -2.51. The van der Waals surface area contributed by atoms with Crippen molar-refractivity contribution in [2.24, 2.45) is 11.5 Å². The molecule has 2 atom stereocenters. The Bertz CT molecular complexity index is 888. The van der Waals surface area contributed by atoms with Crippen LogP contribution >= 0.6 is 48.8 Å². The van der Waals surface area contributed by atoms with Crippen molar-refractivity contribution in [2.45, 2.75) is 44.3 Å². The number of halogens is 4. The van der Waals surface area contributed by atoms with Gasteiger partial charge in [0.05, 0.1) is 6.04 Å². The topological polar surface area (TPSA) is 114 Å². The third kappa shape index (κ3) is 8.59. The SMILES string of the molecule is Cl.Cl.Cl.NCCc1ccc(Cl)cc1CNC(=O)[C@@H]1CCCN1C(=O)[C@H](N)Cc1ccccn1. The summed E-state index contributed by atoms with van der Waals surface area (Å²) < 4.78 is 0. The average Bonchev–Trinajstić information content (AvgIpc) is 3.24. The van der Waals surface area contributed by atoms with Gasteiger partial charge in [-0.2, -0.15) is 0 Å². The monoisotopic (exact) mass is 537 g/mol. The molecule has 0 radical (unpaired) electrons. The minimum atomic E-state index is -0.725. The molecule has 3 rings (SSSR count). The van der Waals surface area contributed by atoms with E-state index in [0.29, 0.717) is 43.9 Å². The molecule has 0 bridgehead atoms. The number of pyridine rings is 1. The highest BCUT2D eigenvalue weighted by molar-refractivity contribution is 6.30. The predicted octanol–water partition coefficient (Wildman–Crippen LogP) is 2.68. The summed E-state index contributed by atoms with van der Waals surface area (Å²) in [5.41, 5.74) is 14.6. The number of nitrogens with one attached hydrogen (secondary N) is 1. The van der Waals surface area contributed by atoms with Crippen LogP contribution in [0.3, 0.4) is 0 Å². The lowest BCUT2D eigenvalue weighted by Gasteiger charge is -2.26. The number of nitrogens with two attached hydrogens (primary N) is 2. The van der Waals surface area contributed by atoms with Crippen molar-refractivity contribution in [3.8, 4) is 0 Å². The highest BCUT2D eigenvalue weighted by Crippen LogP contribution is 2.20. The van der Waals surface area contributed by atoms with Crippen LogP contribution in [-0.4, -0.2) is 46.9 Å². The summed E-state index contributed by atoms with van der Waals surface area (Å²) >= 11 is 6.11. The van der Waals surface area contributed by atoms with Crippen LogP contribution in [0.4, 0.5) is 0 Å². The number of benzene rings is 1. The van der Waals surface area contributed by atoms with Crippen LogP contribution in [0.15, 0.2) is 42.6 Å². The summed E-state index contributed by atoms with van der Waals surface area (Å²) in [6.07, 6.45) is 4.12. The Balaban J connectivity index is 0.00000341. The molecule has 1 aromatic heterocycles. The van der Waals surface area contributed by atoms with Gasteiger partial charge in [-0.1, -0.05) is 23.7 Å². The van der Waals surface area contributed by atoms with Crippen LogP contribution in [0.25, 0.3) is 0 Å². The minimum absolute atomic E-state index is 0. The molecule has 2 amide bonds. The Morgan fingerprint density at radius 2 is 1.94 bits per heavy atom. The summed E-state index contributed by atoms with van der Waals surface area (Å²) in [7, 11) is 0. The predicted molar refractivity (Wildman–Crippen MR) is 138 cm³/mol. The summed E-state index contributed by atoms with van der Waals surface area (Å²) in [6, 6.07) is 9.87. The molecule has 7 nitrogen and oxygen atoms in total. The number of hydrogen-bond acceptors (Lipinski definition) is 5. The highest BCUT2D eigenvalue weighted by Gasteiger charge is 2.36. The molecule has 0 aliphatic carbocycles. The first-order chi connectivity index (χ1) is 14.5. The van der Waals surface area contributed by atoms with E-state index >= 15 is 0 Å². The smallest absolute Gasteiger partial charge is 0.243 e. The lowest BCUT2D eigenvalue weighted by atomic mass is 10.0. The Labute approximate surface area is 218 Å². The van der Waals surface area contributed by atoms with Gasteiger partial charge in [0, 0.05) is 36.4 Å². The van der Waals surface area contributed by atoms with E-state index in [1.165, 1.54) is 0 Å². The van der Waals surface area contributed by atoms with E-state index in [2.05, 4.69) is 10.3 Å². The zero-order valence-corrected chi connectivity index (χ0v) is 21.3. The zero-order chi connectivity index (χ0) is 21.5. The largest absolute Gasteiger partial charge is 0.350 e. The van der Waals surface area contributed by atoms with E-state index in [1.807, 2.05) is 36.4 Å². The molecule has 0 unspecified atom stereocenters. The fourth-order valence-corrected chi connectivity index (χ4v) is 4.00. The first-order valence-electron chi connectivity index (χ1n) is 10.2. The van der Waals surface area contributed by atoms with Gasteiger partial charge in [-0.15, -0.1) is 37.2 Å². The number of nitrogens with zero attached hydrogens (tertiary/aromatic N) is 2. The van der Waals surface area contributed by atoms with Gasteiger partial charge < -0.3 is 21.7 Å². The standard InChI is InChI=1S/C22H28ClN5O2.3ClH/c23-17-7-6-15(8-9-24)16(12-17)14-27-21(29)20-5-3-11-28(20)22(30)19(25)13-18-4-1-2-10-26-18;;;/h1-2,4,6-7,10,12,19-20H,3,5,8-9,11,13-14,24-25H2,(H,27,29);3*1H/t19-,20+;;;/m1.../s1. The molecule has 11 heteroatoms. The summed E-state index contributed by atoms with van der Waals surface area (Å²) in [5.74, 6) is -0.394. The number of carbonyl (C=O) groups excluding carboxylic acids is 2. The molecule has 33 heavy (non-hydrogen) atoms. The Hall–Kier alpha value is -1.61. The van der Waals surface area contributed by atoms with Gasteiger partial charge in [0.25, 0.3) is 0 Å². The Morgan fingerprint density at radius 3 is 2.61 bits per heavy atom. The second-order valence-corrected chi connectivity index (χ2v) is 7.93. The van der Waals surface area contributed by atoms with Crippen molar-refractivity contribution in [1.29, 1.82) is 0 Å². The maximum absolute atomic E-state index is 12.9. The van der Waals surface area contributed by atoms with Crippen molar-refractivity contribution in [1.82, 2.24) is 15.2 Å². The van der Waals surface area contributed by atoms with Crippen LogP contribution in [0.1, 0.15) is 29.7 Å². The molecule has 2 aromatic rings. The Morgan fingerprint density at radius 1 is 1.18 bits per heavy atom. The fraction of sp³-hybridized carbons (Fsp3) is 0.409. The first kappa shape index (κ1) is 31.4. The molecule has 0 spiro atoms. The third-order valence-corrected chi connectivity index (χ3v) is 5.58. The van der Waals surface area contributed by atoms with E-state index in [9.17, 15) is 9.59 Å². The van der Waals surface area contributed by atoms with Crippen molar-refractivity contribution in [3.63, 3.8) is 0 Å². The van der Waals surface area contributed by atoms with Crippen molar-refractivity contribution in [2.75, 3.05) is 13.1 Å². The summed E-state index contributed by atoms with van der Waals surface area (Å²) in [4.78, 5) is 31.6. The van der Waals surface area contributed by atoms with Gasteiger partial charge in [-0.25, -0.2) is 0 Å². The number of amides is 2. The molecule has 1 aromatic carbocycles. The van der Waals surface area contributed by atoms with Crippen LogP contribution in [0, 0.1) is 0 Å². The van der Waals surface area contributed by atoms with Gasteiger partial charge in [0.15, 0.2) is 0 Å². The van der Waals surface area contributed by atoms with E-state index in [-0.39, 0.29) is 49.0 Å². The van der Waals surface area contributed by atoms with E-state index in [4.69, 9.17) is 23.1 Å². The average molecular weight is 539 g/mol. The normalized spacial score (nSPS) is 15.5. The molecule has 1 fully saturated rings. The van der Waals surface area contributed by atoms with E-state index in [1.54, 1.807) is 11.1 Å². The van der Waals surface area contributed by atoms with Gasteiger partial charge in [-0.05, 0) is 61.2 Å². The number of carbonyl (C=O) groups is 2. The molecule has 184 valence electrons. The van der Waals surface area contributed by atoms with Gasteiger partial charge in [-0.3, -0.25) is 14.6 Å². The van der Waals surface area contributed by atoms with Crippen LogP contribution < -0.4 is 16.8 Å². The second-order valence-electron chi connectivity index (χ2n) is 7.49. The molecule has 1 aliphatic heterocycles. The molecular weight excluding hydrogens is 508 g/mol. The zero-order valence-electron chi connectivity index (χ0n) is 18.1. The molecule has 0 saturated carbocycles. The maximum Gasteiger partial charge on any atom is 0.243 e. The summed E-state index contributed by atoms with van der Waals surface area (Å²) in [5, 5.41) is 3.56. The van der Waals surface area contributed by atoms with Crippen LogP contribution in [-0.2, 0) is 29.0 Å². The quantitative estimate of drug-likeness (QED) is 0.478. The second kappa shape index (κ2) is 15.3. The minimum Gasteiger partial charge on any atom is -0.350 e. The molecule has 5 N–H and O–H groups in total. The fourth-order valence-electron chi connectivity index (χ4n) is 3.81.